The van der Waals surface area contributed by atoms with Gasteiger partial charge in [0.1, 0.15) is 5.82 Å². The maximum absolute atomic E-state index is 5.49. The summed E-state index contributed by atoms with van der Waals surface area (Å²) in [6.45, 7) is 6.90. The summed E-state index contributed by atoms with van der Waals surface area (Å²) in [4.78, 5) is 6.63. The van der Waals surface area contributed by atoms with Gasteiger partial charge in [-0.25, -0.2) is 4.98 Å². The molecule has 0 atom stereocenters. The van der Waals surface area contributed by atoms with Crippen LogP contribution in [-0.2, 0) is 0 Å². The second-order valence-corrected chi connectivity index (χ2v) is 3.42. The Kier molecular flexibility index (Phi) is 4.40. The fourth-order valence-corrected chi connectivity index (χ4v) is 1.36. The lowest BCUT2D eigenvalue weighted by Crippen LogP contribution is -2.26. The molecule has 78 valence electrons. The molecule has 0 aliphatic heterocycles. The first-order valence-electron chi connectivity index (χ1n) is 5.15. The van der Waals surface area contributed by atoms with Gasteiger partial charge in [-0.05, 0) is 38.4 Å². The number of aromatic nitrogens is 1. The number of anilines is 1. The number of nitrogens with two attached hydrogens (primary N) is 1. The number of hydrogen-bond donors (Lipinski definition) is 1. The van der Waals surface area contributed by atoms with E-state index in [1.165, 1.54) is 5.56 Å². The Morgan fingerprint density at radius 2 is 2.21 bits per heavy atom. The third-order valence-electron chi connectivity index (χ3n) is 2.23. The van der Waals surface area contributed by atoms with E-state index in [9.17, 15) is 0 Å². The molecule has 0 aromatic carbocycles. The first kappa shape index (κ1) is 11.0. The van der Waals surface area contributed by atoms with Gasteiger partial charge in [0.05, 0.1) is 0 Å². The molecule has 0 amide bonds. The van der Waals surface area contributed by atoms with E-state index in [0.29, 0.717) is 0 Å². The van der Waals surface area contributed by atoms with Gasteiger partial charge in [0.15, 0.2) is 0 Å². The van der Waals surface area contributed by atoms with Crippen LogP contribution in [0.15, 0.2) is 18.3 Å². The molecule has 3 heteroatoms. The summed E-state index contributed by atoms with van der Waals surface area (Å²) < 4.78 is 0. The zero-order valence-corrected chi connectivity index (χ0v) is 9.03. The Labute approximate surface area is 85.9 Å². The molecule has 2 N–H and O–H groups in total. The van der Waals surface area contributed by atoms with Crippen molar-refractivity contribution in [2.75, 3.05) is 24.5 Å². The first-order chi connectivity index (χ1) is 6.77. The molecule has 0 saturated carbocycles. The van der Waals surface area contributed by atoms with Crippen LogP contribution in [0.5, 0.6) is 0 Å². The van der Waals surface area contributed by atoms with Gasteiger partial charge in [0.2, 0.25) is 0 Å². The van der Waals surface area contributed by atoms with E-state index in [1.807, 2.05) is 13.1 Å². The standard InChI is InChI=1S/C11H19N3/c1-3-14(8-4-7-12)11-6-5-10(2)9-13-11/h5-6,9H,3-4,7-8,12H2,1-2H3. The second kappa shape index (κ2) is 5.60. The van der Waals surface area contributed by atoms with E-state index in [4.69, 9.17) is 5.73 Å². The Morgan fingerprint density at radius 3 is 2.71 bits per heavy atom. The van der Waals surface area contributed by atoms with Gasteiger partial charge in [-0.15, -0.1) is 0 Å². The molecule has 0 unspecified atom stereocenters. The van der Waals surface area contributed by atoms with Crippen molar-refractivity contribution in [2.24, 2.45) is 5.73 Å². The lowest BCUT2D eigenvalue weighted by atomic mass is 10.3. The summed E-state index contributed by atoms with van der Waals surface area (Å²) in [5, 5.41) is 0. The molecule has 14 heavy (non-hydrogen) atoms. The molecule has 3 nitrogen and oxygen atoms in total. The highest BCUT2D eigenvalue weighted by Crippen LogP contribution is 2.10. The number of aryl methyl sites for hydroxylation is 1. The maximum atomic E-state index is 5.49. The van der Waals surface area contributed by atoms with Gasteiger partial charge in [0, 0.05) is 19.3 Å². The minimum atomic E-state index is 0.738. The zero-order chi connectivity index (χ0) is 10.4. The van der Waals surface area contributed by atoms with Crippen LogP contribution < -0.4 is 10.6 Å². The first-order valence-corrected chi connectivity index (χ1v) is 5.15. The monoisotopic (exact) mass is 193 g/mol. The van der Waals surface area contributed by atoms with E-state index < -0.39 is 0 Å². The van der Waals surface area contributed by atoms with Crippen molar-refractivity contribution < 1.29 is 0 Å². The number of pyridine rings is 1. The summed E-state index contributed by atoms with van der Waals surface area (Å²) in [5.74, 6) is 1.05. The SMILES string of the molecule is CCN(CCCN)c1ccc(C)cn1. The molecule has 1 aromatic heterocycles. The zero-order valence-electron chi connectivity index (χ0n) is 9.03. The van der Waals surface area contributed by atoms with E-state index in [-0.39, 0.29) is 0 Å². The highest BCUT2D eigenvalue weighted by Gasteiger charge is 2.03. The number of rotatable bonds is 5. The average molecular weight is 193 g/mol. The Balaban J connectivity index is 2.64. The highest BCUT2D eigenvalue weighted by molar-refractivity contribution is 5.38. The lowest BCUT2D eigenvalue weighted by molar-refractivity contribution is 0.744. The molecule has 0 radical (unpaired) electrons. The predicted octanol–water partition coefficient (Wildman–Crippen LogP) is 1.57. The van der Waals surface area contributed by atoms with Crippen LogP contribution >= 0.6 is 0 Å². The average Bonchev–Trinajstić information content (AvgIpc) is 2.21. The van der Waals surface area contributed by atoms with E-state index in [1.54, 1.807) is 0 Å². The van der Waals surface area contributed by atoms with Crippen LogP contribution in [0.3, 0.4) is 0 Å². The summed E-state index contributed by atoms with van der Waals surface area (Å²) in [6, 6.07) is 4.16. The van der Waals surface area contributed by atoms with Crippen molar-refractivity contribution in [3.63, 3.8) is 0 Å². The Hall–Kier alpha value is -1.09. The molecule has 0 aliphatic carbocycles. The van der Waals surface area contributed by atoms with E-state index in [2.05, 4.69) is 28.9 Å². The van der Waals surface area contributed by atoms with Crippen molar-refractivity contribution in [3.05, 3.63) is 23.9 Å². The van der Waals surface area contributed by atoms with Gasteiger partial charge in [0.25, 0.3) is 0 Å². The van der Waals surface area contributed by atoms with Crippen molar-refractivity contribution >= 4 is 5.82 Å². The quantitative estimate of drug-likeness (QED) is 0.771. The molecule has 0 fully saturated rings. The molecule has 0 aliphatic rings. The van der Waals surface area contributed by atoms with Gasteiger partial charge >= 0.3 is 0 Å². The van der Waals surface area contributed by atoms with Crippen LogP contribution in [0.1, 0.15) is 18.9 Å². The van der Waals surface area contributed by atoms with Crippen LogP contribution in [-0.4, -0.2) is 24.6 Å². The summed E-state index contributed by atoms with van der Waals surface area (Å²) in [5.41, 5.74) is 6.68. The third kappa shape index (κ3) is 3.00. The van der Waals surface area contributed by atoms with Crippen LogP contribution in [0.25, 0.3) is 0 Å². The Bertz CT molecular complexity index is 256. The summed E-state index contributed by atoms with van der Waals surface area (Å²) in [7, 11) is 0. The fourth-order valence-electron chi connectivity index (χ4n) is 1.36. The van der Waals surface area contributed by atoms with Crippen LogP contribution in [0.4, 0.5) is 5.82 Å². The van der Waals surface area contributed by atoms with Crippen LogP contribution in [0, 0.1) is 6.92 Å². The molecule has 1 rings (SSSR count). The molecule has 0 bridgehead atoms. The number of nitrogens with zero attached hydrogens (tertiary/aromatic N) is 2. The van der Waals surface area contributed by atoms with Gasteiger partial charge in [-0.2, -0.15) is 0 Å². The van der Waals surface area contributed by atoms with Gasteiger partial charge < -0.3 is 10.6 Å². The normalized spacial score (nSPS) is 10.2. The van der Waals surface area contributed by atoms with Gasteiger partial charge in [-0.3, -0.25) is 0 Å². The second-order valence-electron chi connectivity index (χ2n) is 3.42. The maximum Gasteiger partial charge on any atom is 0.128 e. The Morgan fingerprint density at radius 1 is 1.43 bits per heavy atom. The largest absolute Gasteiger partial charge is 0.357 e. The highest BCUT2D eigenvalue weighted by atomic mass is 15.2. The van der Waals surface area contributed by atoms with Crippen LogP contribution in [0.2, 0.25) is 0 Å². The third-order valence-corrected chi connectivity index (χ3v) is 2.23. The van der Waals surface area contributed by atoms with Crippen molar-refractivity contribution in [1.82, 2.24) is 4.98 Å². The molecule has 0 saturated heterocycles. The minimum absolute atomic E-state index is 0.738. The summed E-state index contributed by atoms with van der Waals surface area (Å²) >= 11 is 0. The van der Waals surface area contributed by atoms with Crippen molar-refractivity contribution in [2.45, 2.75) is 20.3 Å². The predicted molar refractivity (Wildman–Crippen MR) is 60.5 cm³/mol. The molecule has 1 aromatic rings. The fraction of sp³-hybridized carbons (Fsp3) is 0.545. The van der Waals surface area contributed by atoms with Gasteiger partial charge in [-0.1, -0.05) is 6.07 Å². The molecule has 0 spiro atoms. The lowest BCUT2D eigenvalue weighted by Gasteiger charge is -2.21. The molecular formula is C11H19N3. The van der Waals surface area contributed by atoms with Crippen molar-refractivity contribution in [3.8, 4) is 0 Å². The molecular weight excluding hydrogens is 174 g/mol. The summed E-state index contributed by atoms with van der Waals surface area (Å²) in [6.07, 6.45) is 2.92. The van der Waals surface area contributed by atoms with E-state index >= 15 is 0 Å². The van der Waals surface area contributed by atoms with Crippen molar-refractivity contribution in [1.29, 1.82) is 0 Å². The number of hydrogen-bond acceptors (Lipinski definition) is 3. The minimum Gasteiger partial charge on any atom is -0.357 e. The topological polar surface area (TPSA) is 42.1 Å². The van der Waals surface area contributed by atoms with E-state index in [0.717, 1.165) is 31.9 Å². The molecule has 1 heterocycles. The smallest absolute Gasteiger partial charge is 0.128 e.